The van der Waals surface area contributed by atoms with E-state index in [2.05, 4.69) is 0 Å². The molecule has 0 saturated heterocycles. The lowest BCUT2D eigenvalue weighted by Crippen LogP contribution is -2.34. The van der Waals surface area contributed by atoms with Gasteiger partial charge in [0.2, 0.25) is 0 Å². The van der Waals surface area contributed by atoms with Crippen LogP contribution in [-0.2, 0) is 21.7 Å². The van der Waals surface area contributed by atoms with Crippen LogP contribution in [0.3, 0.4) is 0 Å². The molecule has 0 aromatic heterocycles. The fourth-order valence-corrected chi connectivity index (χ4v) is 3.27. The van der Waals surface area contributed by atoms with Gasteiger partial charge in [0.1, 0.15) is 5.60 Å². The molecule has 0 aliphatic carbocycles. The van der Waals surface area contributed by atoms with Crippen LogP contribution < -0.4 is 11.6 Å². The Kier molecular flexibility index (Phi) is 8.29. The molecule has 130 valence electrons. The summed E-state index contributed by atoms with van der Waals surface area (Å²) < 4.78 is 0. The van der Waals surface area contributed by atoms with E-state index in [9.17, 15) is 4.79 Å². The van der Waals surface area contributed by atoms with Gasteiger partial charge in [-0.05, 0) is 42.9 Å². The van der Waals surface area contributed by atoms with Crippen LogP contribution in [0.25, 0.3) is 0 Å². The van der Waals surface area contributed by atoms with Gasteiger partial charge in [0.25, 0.3) is 0 Å². The number of aliphatic carboxylic acids is 1. The van der Waals surface area contributed by atoms with Gasteiger partial charge < -0.3 is 10.8 Å². The fourth-order valence-electron chi connectivity index (χ4n) is 2.66. The molecular weight excluding hydrogens is 339 g/mol. The molecule has 0 amide bonds. The Morgan fingerprint density at radius 3 is 2.43 bits per heavy atom. The second-order valence-corrected chi connectivity index (χ2v) is 6.45. The summed E-state index contributed by atoms with van der Waals surface area (Å²) >= 11 is 11.8. The molecule has 0 heterocycles. The van der Waals surface area contributed by atoms with Crippen LogP contribution in [0.5, 0.6) is 0 Å². The van der Waals surface area contributed by atoms with Gasteiger partial charge >= 0.3 is 5.97 Å². The highest BCUT2D eigenvalue weighted by Gasteiger charge is 2.32. The van der Waals surface area contributed by atoms with Crippen molar-refractivity contribution < 1.29 is 14.7 Å². The molecular formula is C16H24Cl2N2O3. The number of benzene rings is 1. The zero-order valence-electron chi connectivity index (χ0n) is 13.2. The maximum atomic E-state index is 10.8. The van der Waals surface area contributed by atoms with Gasteiger partial charge in [-0.3, -0.25) is 9.63 Å². The van der Waals surface area contributed by atoms with Gasteiger partial charge in [-0.25, -0.2) is 5.90 Å². The van der Waals surface area contributed by atoms with Crippen molar-refractivity contribution in [1.29, 1.82) is 0 Å². The van der Waals surface area contributed by atoms with Crippen molar-refractivity contribution in [2.75, 3.05) is 11.8 Å². The fraction of sp³-hybridized carbons (Fsp3) is 0.562. The van der Waals surface area contributed by atoms with Crippen LogP contribution in [-0.4, -0.2) is 28.9 Å². The first-order valence-electron chi connectivity index (χ1n) is 7.45. The molecule has 23 heavy (non-hydrogen) atoms. The number of rotatable bonds is 10. The van der Waals surface area contributed by atoms with Crippen LogP contribution in [0.1, 0.15) is 36.0 Å². The standard InChI is InChI=1S/C16H24Cl2N2O3/c1-11-2-3-13(16(23-20,4-6-17)5-7-18)8-12(11)9-14(19)10-15(21)22/h2-3,8,14H,4-7,9-10,19-20H2,1H3,(H,21,22)/t14-/m0/s1. The summed E-state index contributed by atoms with van der Waals surface area (Å²) in [6.45, 7) is 1.96. The summed E-state index contributed by atoms with van der Waals surface area (Å²) in [5.74, 6) is 5.41. The molecule has 1 aromatic rings. The van der Waals surface area contributed by atoms with E-state index >= 15 is 0 Å². The second-order valence-electron chi connectivity index (χ2n) is 5.69. The number of alkyl halides is 2. The number of hydrogen-bond donors (Lipinski definition) is 3. The van der Waals surface area contributed by atoms with Crippen molar-refractivity contribution in [1.82, 2.24) is 0 Å². The quantitative estimate of drug-likeness (QED) is 0.439. The predicted octanol–water partition coefficient (Wildman–Crippen LogP) is 2.68. The molecule has 0 bridgehead atoms. The Labute approximate surface area is 146 Å². The third-order valence-corrected chi connectivity index (χ3v) is 4.39. The average molecular weight is 363 g/mol. The Hall–Kier alpha value is -0.850. The molecule has 0 aliphatic heterocycles. The monoisotopic (exact) mass is 362 g/mol. The summed E-state index contributed by atoms with van der Waals surface area (Å²) in [6, 6.07) is 5.40. The minimum atomic E-state index is -0.907. The smallest absolute Gasteiger partial charge is 0.304 e. The van der Waals surface area contributed by atoms with Crippen LogP contribution in [0.2, 0.25) is 0 Å². The van der Waals surface area contributed by atoms with Crippen LogP contribution in [0, 0.1) is 6.92 Å². The lowest BCUT2D eigenvalue weighted by Gasteiger charge is -2.31. The van der Waals surface area contributed by atoms with E-state index in [0.29, 0.717) is 31.0 Å². The maximum absolute atomic E-state index is 10.8. The molecule has 1 atom stereocenters. The number of halogens is 2. The van der Waals surface area contributed by atoms with Gasteiger partial charge in [-0.1, -0.05) is 18.2 Å². The Balaban J connectivity index is 3.12. The predicted molar refractivity (Wildman–Crippen MR) is 92.7 cm³/mol. The van der Waals surface area contributed by atoms with Crippen molar-refractivity contribution in [3.8, 4) is 0 Å². The maximum Gasteiger partial charge on any atom is 0.304 e. The Morgan fingerprint density at radius 1 is 1.35 bits per heavy atom. The SMILES string of the molecule is Cc1ccc(C(CCCl)(CCCl)ON)cc1C[C@H](N)CC(=O)O. The first-order valence-corrected chi connectivity index (χ1v) is 8.52. The number of nitrogens with two attached hydrogens (primary N) is 2. The van der Waals surface area contributed by atoms with Crippen molar-refractivity contribution in [2.24, 2.45) is 11.6 Å². The minimum Gasteiger partial charge on any atom is -0.481 e. The van der Waals surface area contributed by atoms with Gasteiger partial charge in [0.15, 0.2) is 0 Å². The average Bonchev–Trinajstić information content (AvgIpc) is 2.48. The summed E-state index contributed by atoms with van der Waals surface area (Å²) in [5.41, 5.74) is 8.05. The third-order valence-electron chi connectivity index (χ3n) is 4.02. The first-order chi connectivity index (χ1) is 10.9. The van der Waals surface area contributed by atoms with E-state index in [1.165, 1.54) is 0 Å². The minimum absolute atomic E-state index is 0.0778. The number of carboxylic acids is 1. The molecule has 5 N–H and O–H groups in total. The Morgan fingerprint density at radius 2 is 1.96 bits per heavy atom. The Bertz CT molecular complexity index is 520. The highest BCUT2D eigenvalue weighted by Crippen LogP contribution is 2.34. The highest BCUT2D eigenvalue weighted by molar-refractivity contribution is 6.18. The first kappa shape index (κ1) is 20.2. The van der Waals surface area contributed by atoms with Crippen LogP contribution in [0.4, 0.5) is 0 Å². The zero-order chi connectivity index (χ0) is 17.5. The molecule has 0 aliphatic rings. The highest BCUT2D eigenvalue weighted by atomic mass is 35.5. The summed E-state index contributed by atoms with van der Waals surface area (Å²) in [4.78, 5) is 16.1. The number of aryl methyl sites for hydroxylation is 1. The molecule has 1 aromatic carbocycles. The van der Waals surface area contributed by atoms with E-state index in [0.717, 1.165) is 16.7 Å². The lowest BCUT2D eigenvalue weighted by atomic mass is 9.85. The van der Waals surface area contributed by atoms with Crippen molar-refractivity contribution in [3.63, 3.8) is 0 Å². The molecule has 7 heteroatoms. The van der Waals surface area contributed by atoms with E-state index < -0.39 is 17.6 Å². The van der Waals surface area contributed by atoms with Crippen LogP contribution in [0.15, 0.2) is 18.2 Å². The molecule has 0 spiro atoms. The normalized spacial score (nSPS) is 13.1. The van der Waals surface area contributed by atoms with Gasteiger partial charge in [0, 0.05) is 17.8 Å². The van der Waals surface area contributed by atoms with Gasteiger partial charge in [-0.2, -0.15) is 0 Å². The van der Waals surface area contributed by atoms with Crippen molar-refractivity contribution in [2.45, 2.75) is 44.2 Å². The summed E-state index contributed by atoms with van der Waals surface area (Å²) in [7, 11) is 0. The summed E-state index contributed by atoms with van der Waals surface area (Å²) in [5, 5.41) is 8.85. The second kappa shape index (κ2) is 9.45. The molecule has 0 radical (unpaired) electrons. The van der Waals surface area contributed by atoms with E-state index in [4.69, 9.17) is 44.8 Å². The largest absolute Gasteiger partial charge is 0.481 e. The molecule has 0 fully saturated rings. The lowest BCUT2D eigenvalue weighted by molar-refractivity contribution is -0.137. The number of hydrogen-bond acceptors (Lipinski definition) is 4. The third kappa shape index (κ3) is 5.62. The number of carboxylic acid groups (broad SMARTS) is 1. The molecule has 0 unspecified atom stereocenters. The van der Waals surface area contributed by atoms with Gasteiger partial charge in [-0.15, -0.1) is 23.2 Å². The van der Waals surface area contributed by atoms with Gasteiger partial charge in [0.05, 0.1) is 6.42 Å². The van der Waals surface area contributed by atoms with Crippen molar-refractivity contribution >= 4 is 29.2 Å². The summed E-state index contributed by atoms with van der Waals surface area (Å²) in [6.07, 6.45) is 1.45. The zero-order valence-corrected chi connectivity index (χ0v) is 14.7. The van der Waals surface area contributed by atoms with E-state index in [-0.39, 0.29) is 6.42 Å². The number of carbonyl (C=O) groups is 1. The van der Waals surface area contributed by atoms with E-state index in [1.54, 1.807) is 0 Å². The topological polar surface area (TPSA) is 98.6 Å². The molecule has 1 rings (SSSR count). The van der Waals surface area contributed by atoms with E-state index in [1.807, 2.05) is 25.1 Å². The van der Waals surface area contributed by atoms with Crippen molar-refractivity contribution in [3.05, 3.63) is 34.9 Å². The molecule has 0 saturated carbocycles. The molecule has 5 nitrogen and oxygen atoms in total. The van der Waals surface area contributed by atoms with Crippen LogP contribution >= 0.6 is 23.2 Å².